The van der Waals surface area contributed by atoms with Gasteiger partial charge in [-0.05, 0) is 6.42 Å². The van der Waals surface area contributed by atoms with E-state index in [0.717, 1.165) is 25.7 Å². The van der Waals surface area contributed by atoms with Crippen LogP contribution >= 0.6 is 0 Å². The van der Waals surface area contributed by atoms with Crippen molar-refractivity contribution in [1.29, 1.82) is 0 Å². The van der Waals surface area contributed by atoms with Crippen molar-refractivity contribution in [3.05, 3.63) is 0 Å². The first-order chi connectivity index (χ1) is 14.8. The maximum absolute atomic E-state index is 11.5. The van der Waals surface area contributed by atoms with Crippen molar-refractivity contribution in [1.82, 2.24) is 0 Å². The minimum absolute atomic E-state index is 0.148. The Morgan fingerprint density at radius 1 is 0.633 bits per heavy atom. The Hall–Kier alpha value is -1.21. The average Bonchev–Trinajstić information content (AvgIpc) is 2.75. The number of unbranched alkanes of at least 4 members (excludes halogenated alkanes) is 3. The summed E-state index contributed by atoms with van der Waals surface area (Å²) in [6.07, 6.45) is 9.85. The molecule has 0 unspecified atom stereocenters. The first-order valence-corrected chi connectivity index (χ1v) is 10.9. The summed E-state index contributed by atoms with van der Waals surface area (Å²) in [5, 5.41) is 0. The van der Waals surface area contributed by atoms with Crippen molar-refractivity contribution >= 4 is 5.97 Å². The topological polar surface area (TPSA) is 81.7 Å². The zero-order valence-electron chi connectivity index (χ0n) is 18.6. The number of esters is 1. The van der Waals surface area contributed by atoms with Crippen molar-refractivity contribution < 1.29 is 38.0 Å². The van der Waals surface area contributed by atoms with E-state index >= 15 is 0 Å². The number of ether oxygens (including phenoxy) is 7. The smallest absolute Gasteiger partial charge is 0.305 e. The fourth-order valence-corrected chi connectivity index (χ4v) is 2.21. The molecule has 0 aliphatic rings. The molecule has 0 rings (SSSR count). The predicted molar refractivity (Wildman–Crippen MR) is 113 cm³/mol. The Morgan fingerprint density at radius 2 is 1.07 bits per heavy atom. The number of carbonyl (C=O) groups excluding carboxylic acids is 1. The summed E-state index contributed by atoms with van der Waals surface area (Å²) in [4.78, 5) is 11.5. The summed E-state index contributed by atoms with van der Waals surface area (Å²) >= 11 is 0. The Morgan fingerprint density at radius 3 is 1.50 bits per heavy atom. The number of rotatable bonds is 24. The second-order valence-corrected chi connectivity index (χ2v) is 6.35. The SMILES string of the molecule is C#CCOCCOCCOCCOCCOCCOCCOC(=O)CCCCCC. The van der Waals surface area contributed by atoms with Crippen LogP contribution in [0.4, 0.5) is 0 Å². The molecule has 30 heavy (non-hydrogen) atoms. The lowest BCUT2D eigenvalue weighted by Gasteiger charge is -2.08. The molecular formula is C22H40O8. The predicted octanol–water partition coefficient (Wildman–Crippen LogP) is 2.23. The summed E-state index contributed by atoms with van der Waals surface area (Å²) in [6.45, 7) is 8.12. The zero-order chi connectivity index (χ0) is 22.0. The van der Waals surface area contributed by atoms with Crippen LogP contribution in [-0.2, 0) is 38.0 Å². The van der Waals surface area contributed by atoms with E-state index in [1.54, 1.807) is 0 Å². The van der Waals surface area contributed by atoms with E-state index in [-0.39, 0.29) is 5.97 Å². The molecule has 0 saturated carbocycles. The van der Waals surface area contributed by atoms with E-state index in [1.807, 2.05) is 0 Å². The quantitative estimate of drug-likeness (QED) is 0.130. The minimum atomic E-state index is -0.148. The van der Waals surface area contributed by atoms with Crippen molar-refractivity contribution in [2.24, 2.45) is 0 Å². The molecule has 0 amide bonds. The van der Waals surface area contributed by atoms with Gasteiger partial charge in [0.05, 0.1) is 72.7 Å². The van der Waals surface area contributed by atoms with Crippen molar-refractivity contribution in [3.8, 4) is 12.3 Å². The Balaban J connectivity index is 3.08. The number of hydrogen-bond donors (Lipinski definition) is 0. The Kier molecular flexibility index (Phi) is 24.8. The molecule has 0 fully saturated rings. The first kappa shape index (κ1) is 28.8. The lowest BCUT2D eigenvalue weighted by Crippen LogP contribution is -2.15. The third kappa shape index (κ3) is 24.8. The van der Waals surface area contributed by atoms with Crippen LogP contribution in [0.25, 0.3) is 0 Å². The van der Waals surface area contributed by atoms with Gasteiger partial charge in [0.2, 0.25) is 0 Å². The van der Waals surface area contributed by atoms with Gasteiger partial charge in [0.25, 0.3) is 0 Å². The van der Waals surface area contributed by atoms with Gasteiger partial charge in [0, 0.05) is 6.42 Å². The normalized spacial score (nSPS) is 10.8. The standard InChI is InChI=1S/C22H40O8/c1-3-5-6-7-8-22(23)30-21-20-29-19-18-28-17-16-27-15-14-26-13-12-25-11-10-24-9-4-2/h2H,3,5-21H2,1H3. The van der Waals surface area contributed by atoms with E-state index in [1.165, 1.54) is 0 Å². The van der Waals surface area contributed by atoms with Crippen LogP contribution in [0.15, 0.2) is 0 Å². The van der Waals surface area contributed by atoms with Crippen LogP contribution in [0.5, 0.6) is 0 Å². The number of hydrogen-bond acceptors (Lipinski definition) is 8. The second-order valence-electron chi connectivity index (χ2n) is 6.35. The molecule has 0 radical (unpaired) electrons. The lowest BCUT2D eigenvalue weighted by molar-refractivity contribution is -0.145. The van der Waals surface area contributed by atoms with Gasteiger partial charge in [-0.15, -0.1) is 6.42 Å². The monoisotopic (exact) mass is 432 g/mol. The number of carbonyl (C=O) groups is 1. The summed E-state index contributed by atoms with van der Waals surface area (Å²) in [6, 6.07) is 0. The highest BCUT2D eigenvalue weighted by Gasteiger charge is 2.02. The molecule has 0 N–H and O–H groups in total. The molecule has 0 aromatic rings. The average molecular weight is 433 g/mol. The van der Waals surface area contributed by atoms with Crippen LogP contribution in [0.2, 0.25) is 0 Å². The van der Waals surface area contributed by atoms with Crippen LogP contribution in [0, 0.1) is 12.3 Å². The molecule has 0 aliphatic heterocycles. The maximum Gasteiger partial charge on any atom is 0.305 e. The van der Waals surface area contributed by atoms with E-state index in [2.05, 4.69) is 12.8 Å². The molecule has 8 nitrogen and oxygen atoms in total. The molecule has 8 heteroatoms. The molecule has 0 aliphatic carbocycles. The van der Waals surface area contributed by atoms with Crippen molar-refractivity contribution in [3.63, 3.8) is 0 Å². The minimum Gasteiger partial charge on any atom is -0.463 e. The van der Waals surface area contributed by atoms with Gasteiger partial charge in [-0.3, -0.25) is 4.79 Å². The van der Waals surface area contributed by atoms with Gasteiger partial charge in [-0.2, -0.15) is 0 Å². The second kappa shape index (κ2) is 25.8. The summed E-state index contributed by atoms with van der Waals surface area (Å²) in [5.41, 5.74) is 0. The Bertz CT molecular complexity index is 397. The fraction of sp³-hybridized carbons (Fsp3) is 0.864. The third-order valence-corrected chi connectivity index (χ3v) is 3.77. The fourth-order valence-electron chi connectivity index (χ4n) is 2.21. The Labute approximate surface area is 181 Å². The summed E-state index contributed by atoms with van der Waals surface area (Å²) in [5.74, 6) is 2.24. The van der Waals surface area contributed by atoms with E-state index in [4.69, 9.17) is 39.6 Å². The maximum atomic E-state index is 11.5. The first-order valence-electron chi connectivity index (χ1n) is 10.9. The van der Waals surface area contributed by atoms with Gasteiger partial charge >= 0.3 is 5.97 Å². The molecule has 0 bridgehead atoms. The highest BCUT2D eigenvalue weighted by molar-refractivity contribution is 5.69. The van der Waals surface area contributed by atoms with E-state index < -0.39 is 0 Å². The molecule has 0 aromatic carbocycles. The van der Waals surface area contributed by atoms with E-state index in [0.29, 0.717) is 92.3 Å². The third-order valence-electron chi connectivity index (χ3n) is 3.77. The van der Waals surface area contributed by atoms with Crippen molar-refractivity contribution in [2.75, 3.05) is 85.9 Å². The van der Waals surface area contributed by atoms with E-state index in [9.17, 15) is 4.79 Å². The molecule has 0 atom stereocenters. The van der Waals surface area contributed by atoms with Gasteiger partial charge in [0.1, 0.15) is 13.2 Å². The number of terminal acetylenes is 1. The highest BCUT2D eigenvalue weighted by Crippen LogP contribution is 2.03. The van der Waals surface area contributed by atoms with Gasteiger partial charge in [-0.1, -0.05) is 32.1 Å². The molecular weight excluding hydrogens is 392 g/mol. The summed E-state index contributed by atoms with van der Waals surface area (Å²) in [7, 11) is 0. The van der Waals surface area contributed by atoms with Gasteiger partial charge in [0.15, 0.2) is 0 Å². The van der Waals surface area contributed by atoms with Crippen LogP contribution in [-0.4, -0.2) is 91.9 Å². The van der Waals surface area contributed by atoms with Crippen molar-refractivity contribution in [2.45, 2.75) is 39.0 Å². The molecule has 176 valence electrons. The van der Waals surface area contributed by atoms with Gasteiger partial charge < -0.3 is 33.2 Å². The molecule has 0 saturated heterocycles. The largest absolute Gasteiger partial charge is 0.463 e. The molecule has 0 heterocycles. The van der Waals surface area contributed by atoms with Crippen LogP contribution in [0.1, 0.15) is 39.0 Å². The highest BCUT2D eigenvalue weighted by atomic mass is 16.6. The van der Waals surface area contributed by atoms with Crippen LogP contribution in [0.3, 0.4) is 0 Å². The zero-order valence-corrected chi connectivity index (χ0v) is 18.6. The molecule has 0 spiro atoms. The van der Waals surface area contributed by atoms with Gasteiger partial charge in [-0.25, -0.2) is 0 Å². The van der Waals surface area contributed by atoms with Crippen LogP contribution < -0.4 is 0 Å². The summed E-state index contributed by atoms with van der Waals surface area (Å²) < 4.78 is 37.0. The lowest BCUT2D eigenvalue weighted by atomic mass is 10.2. The molecule has 0 aromatic heterocycles.